The molecule has 10 heteroatoms. The summed E-state index contributed by atoms with van der Waals surface area (Å²) in [4.78, 5) is 28.2. The molecule has 5 rings (SSSR count). The van der Waals surface area contributed by atoms with E-state index >= 15 is 0 Å². The van der Waals surface area contributed by atoms with Crippen molar-refractivity contribution in [1.82, 2.24) is 9.80 Å². The maximum Gasteiger partial charge on any atom is 0.395 e. The highest BCUT2D eigenvalue weighted by molar-refractivity contribution is 5.97. The number of carbonyl (C=O) groups is 2. The standard InChI is InChI=1S/C31H37F4N3O3/c32-25-18-24(22-5-7-23(8-6-22)29(40)38-15-2-1-4-26(38)28(36)39)9-10-27(25)41-19-21-11-16-37(17-12-21)20-30(13-3-14-30)31(33,34)35/h5-10,18,21,26H,1-4,11-17,19-20H2,(H2,36,39)/t26-/m0/s1. The normalized spacial score (nSPS) is 21.8. The number of hydrogen-bond donors (Lipinski definition) is 1. The van der Waals surface area contributed by atoms with Gasteiger partial charge in [-0.25, -0.2) is 4.39 Å². The van der Waals surface area contributed by atoms with Crippen LogP contribution in [0.25, 0.3) is 11.1 Å². The van der Waals surface area contributed by atoms with Gasteiger partial charge in [0.25, 0.3) is 5.91 Å². The molecule has 1 saturated carbocycles. The number of alkyl halides is 3. The minimum atomic E-state index is -4.16. The summed E-state index contributed by atoms with van der Waals surface area (Å²) >= 11 is 0. The van der Waals surface area contributed by atoms with E-state index in [-0.39, 0.29) is 37.0 Å². The number of nitrogens with zero attached hydrogens (tertiary/aromatic N) is 2. The van der Waals surface area contributed by atoms with Crippen LogP contribution in [0.1, 0.15) is 61.7 Å². The molecule has 0 radical (unpaired) electrons. The summed E-state index contributed by atoms with van der Waals surface area (Å²) in [5.41, 5.74) is 5.75. The van der Waals surface area contributed by atoms with Gasteiger partial charge in [-0.2, -0.15) is 13.2 Å². The van der Waals surface area contributed by atoms with Crippen molar-refractivity contribution in [2.75, 3.05) is 32.8 Å². The third kappa shape index (κ3) is 6.37. The van der Waals surface area contributed by atoms with Gasteiger partial charge in [0.1, 0.15) is 6.04 Å². The Hall–Kier alpha value is -3.14. The Labute approximate surface area is 237 Å². The molecule has 2 aromatic carbocycles. The fourth-order valence-corrected chi connectivity index (χ4v) is 6.32. The molecular formula is C31H37F4N3O3. The minimum Gasteiger partial charge on any atom is -0.490 e. The Morgan fingerprint density at radius 2 is 1.61 bits per heavy atom. The van der Waals surface area contributed by atoms with E-state index in [1.165, 1.54) is 11.0 Å². The van der Waals surface area contributed by atoms with Gasteiger partial charge >= 0.3 is 6.18 Å². The smallest absolute Gasteiger partial charge is 0.395 e. The van der Waals surface area contributed by atoms with Crippen LogP contribution in [0.2, 0.25) is 0 Å². The number of nitrogens with two attached hydrogens (primary N) is 1. The first-order chi connectivity index (χ1) is 19.6. The number of piperidine rings is 2. The van der Waals surface area contributed by atoms with Gasteiger partial charge in [-0.3, -0.25) is 9.59 Å². The molecule has 6 nitrogen and oxygen atoms in total. The predicted octanol–water partition coefficient (Wildman–Crippen LogP) is 5.80. The lowest BCUT2D eigenvalue weighted by Gasteiger charge is -2.47. The average molecular weight is 576 g/mol. The van der Waals surface area contributed by atoms with E-state index in [2.05, 4.69) is 0 Å². The van der Waals surface area contributed by atoms with E-state index in [1.54, 1.807) is 36.4 Å². The number of ether oxygens (including phenoxy) is 1. The van der Waals surface area contributed by atoms with Crippen molar-refractivity contribution in [1.29, 1.82) is 0 Å². The highest BCUT2D eigenvalue weighted by Crippen LogP contribution is 2.53. The van der Waals surface area contributed by atoms with Crippen LogP contribution in [0.4, 0.5) is 17.6 Å². The lowest BCUT2D eigenvalue weighted by atomic mass is 9.67. The Bertz CT molecular complexity index is 1240. The molecule has 41 heavy (non-hydrogen) atoms. The average Bonchev–Trinajstić information content (AvgIpc) is 2.94. The summed E-state index contributed by atoms with van der Waals surface area (Å²) in [6.45, 7) is 2.05. The molecule has 222 valence electrons. The molecule has 2 N–H and O–H groups in total. The first kappa shape index (κ1) is 29.4. The van der Waals surface area contributed by atoms with Gasteiger partial charge in [0, 0.05) is 18.7 Å². The molecule has 2 heterocycles. The van der Waals surface area contributed by atoms with Crippen molar-refractivity contribution in [2.24, 2.45) is 17.1 Å². The summed E-state index contributed by atoms with van der Waals surface area (Å²) in [6, 6.07) is 10.9. The maximum absolute atomic E-state index is 14.9. The van der Waals surface area contributed by atoms with Gasteiger partial charge in [0.15, 0.2) is 11.6 Å². The third-order valence-corrected chi connectivity index (χ3v) is 9.11. The van der Waals surface area contributed by atoms with Gasteiger partial charge in [0.2, 0.25) is 5.91 Å². The topological polar surface area (TPSA) is 75.9 Å². The largest absolute Gasteiger partial charge is 0.490 e. The van der Waals surface area contributed by atoms with Crippen LogP contribution in [0.5, 0.6) is 5.75 Å². The monoisotopic (exact) mass is 575 g/mol. The van der Waals surface area contributed by atoms with E-state index in [0.29, 0.717) is 50.2 Å². The van der Waals surface area contributed by atoms with Crippen LogP contribution in [-0.2, 0) is 4.79 Å². The molecule has 2 aromatic rings. The number of halogens is 4. The van der Waals surface area contributed by atoms with Crippen molar-refractivity contribution in [3.8, 4) is 16.9 Å². The van der Waals surface area contributed by atoms with Gasteiger partial charge in [-0.15, -0.1) is 0 Å². The zero-order chi connectivity index (χ0) is 29.2. The zero-order valence-corrected chi connectivity index (χ0v) is 23.1. The predicted molar refractivity (Wildman–Crippen MR) is 147 cm³/mol. The summed E-state index contributed by atoms with van der Waals surface area (Å²) in [6.07, 6.45) is 0.588. The second-order valence-corrected chi connectivity index (χ2v) is 11.8. The minimum absolute atomic E-state index is 0.0709. The Morgan fingerprint density at radius 1 is 0.927 bits per heavy atom. The number of hydrogen-bond acceptors (Lipinski definition) is 4. The second kappa shape index (κ2) is 12.0. The molecule has 0 aromatic heterocycles. The fraction of sp³-hybridized carbons (Fsp3) is 0.548. The van der Waals surface area contributed by atoms with Crippen LogP contribution in [0.15, 0.2) is 42.5 Å². The van der Waals surface area contributed by atoms with Crippen LogP contribution in [0.3, 0.4) is 0 Å². The molecule has 2 saturated heterocycles. The highest BCUT2D eigenvalue weighted by atomic mass is 19.4. The Balaban J connectivity index is 1.13. The summed E-state index contributed by atoms with van der Waals surface area (Å²) < 4.78 is 61.2. The van der Waals surface area contributed by atoms with Crippen LogP contribution < -0.4 is 10.5 Å². The summed E-state index contributed by atoms with van der Waals surface area (Å²) in [5, 5.41) is 0. The van der Waals surface area contributed by atoms with Gasteiger partial charge < -0.3 is 20.3 Å². The molecule has 2 amide bonds. The zero-order valence-electron chi connectivity index (χ0n) is 23.1. The number of carbonyl (C=O) groups excluding carboxylic acids is 2. The van der Waals surface area contributed by atoms with Gasteiger partial charge in [-0.05, 0) is 99.3 Å². The Morgan fingerprint density at radius 3 is 2.20 bits per heavy atom. The van der Waals surface area contributed by atoms with Crippen molar-refractivity contribution < 1.29 is 31.9 Å². The number of rotatable bonds is 8. The fourth-order valence-electron chi connectivity index (χ4n) is 6.32. The first-order valence-corrected chi connectivity index (χ1v) is 14.5. The number of primary amides is 1. The quantitative estimate of drug-likeness (QED) is 0.404. The SMILES string of the molecule is NC(=O)[C@@H]1CCCCN1C(=O)c1ccc(-c2ccc(OCC3CCN(CC4(C(F)(F)F)CCC4)CC3)c(F)c2)cc1. The van der Waals surface area contributed by atoms with Crippen molar-refractivity contribution in [3.05, 3.63) is 53.8 Å². The van der Waals surface area contributed by atoms with Crippen molar-refractivity contribution in [2.45, 2.75) is 63.6 Å². The van der Waals surface area contributed by atoms with E-state index in [4.69, 9.17) is 10.5 Å². The van der Waals surface area contributed by atoms with Crippen LogP contribution in [-0.4, -0.2) is 66.6 Å². The van der Waals surface area contributed by atoms with Crippen molar-refractivity contribution >= 4 is 11.8 Å². The molecule has 3 aliphatic rings. The summed E-state index contributed by atoms with van der Waals surface area (Å²) in [5.74, 6) is -0.956. The maximum atomic E-state index is 14.9. The molecule has 1 atom stereocenters. The lowest BCUT2D eigenvalue weighted by Crippen LogP contribution is -2.53. The molecule has 0 unspecified atom stereocenters. The van der Waals surface area contributed by atoms with E-state index in [0.717, 1.165) is 31.2 Å². The number of benzene rings is 2. The second-order valence-electron chi connectivity index (χ2n) is 11.8. The van der Waals surface area contributed by atoms with E-state index < -0.39 is 29.4 Å². The van der Waals surface area contributed by atoms with Crippen LogP contribution in [0, 0.1) is 17.2 Å². The number of amides is 2. The molecular weight excluding hydrogens is 538 g/mol. The van der Waals surface area contributed by atoms with Crippen molar-refractivity contribution in [3.63, 3.8) is 0 Å². The molecule has 0 bridgehead atoms. The van der Waals surface area contributed by atoms with Crippen LogP contribution >= 0.6 is 0 Å². The molecule has 3 fully saturated rings. The third-order valence-electron chi connectivity index (χ3n) is 9.11. The Kier molecular flexibility index (Phi) is 8.59. The lowest BCUT2D eigenvalue weighted by molar-refractivity contribution is -0.256. The van der Waals surface area contributed by atoms with Gasteiger partial charge in [-0.1, -0.05) is 24.6 Å². The van der Waals surface area contributed by atoms with E-state index in [9.17, 15) is 27.2 Å². The summed E-state index contributed by atoms with van der Waals surface area (Å²) in [7, 11) is 0. The van der Waals surface area contributed by atoms with Gasteiger partial charge in [0.05, 0.1) is 12.0 Å². The molecule has 1 aliphatic carbocycles. The number of likely N-dealkylation sites (tertiary alicyclic amines) is 2. The highest BCUT2D eigenvalue weighted by Gasteiger charge is 2.58. The van der Waals surface area contributed by atoms with E-state index in [1.807, 2.05) is 4.90 Å². The first-order valence-electron chi connectivity index (χ1n) is 14.5. The molecule has 2 aliphatic heterocycles. The molecule has 0 spiro atoms.